The molecule has 1 heterocycles. The van der Waals surface area contributed by atoms with Crippen molar-refractivity contribution in [1.29, 1.82) is 0 Å². The number of aromatic carboxylic acids is 1. The highest BCUT2D eigenvalue weighted by molar-refractivity contribution is 14.1. The van der Waals surface area contributed by atoms with E-state index in [-0.39, 0.29) is 5.56 Å². The molecule has 2 aromatic carbocycles. The lowest BCUT2D eigenvalue weighted by Gasteiger charge is -2.03. The molecule has 21 heavy (non-hydrogen) atoms. The number of aromatic amines is 1. The van der Waals surface area contributed by atoms with Crippen molar-refractivity contribution in [2.75, 3.05) is 0 Å². The van der Waals surface area contributed by atoms with Crippen molar-refractivity contribution in [2.24, 2.45) is 0 Å². The predicted molar refractivity (Wildman–Crippen MR) is 85.9 cm³/mol. The number of rotatable bonds is 2. The van der Waals surface area contributed by atoms with E-state index in [0.29, 0.717) is 16.9 Å². The Morgan fingerprint density at radius 3 is 2.86 bits per heavy atom. The van der Waals surface area contributed by atoms with Gasteiger partial charge in [-0.15, -0.1) is 0 Å². The first-order valence-electron chi connectivity index (χ1n) is 6.15. The number of carboxylic acid groups (broad SMARTS) is 1. The number of hydrogen-bond acceptors (Lipinski definition) is 2. The number of nitrogens with zero attached hydrogens (tertiary/aromatic N) is 1. The summed E-state index contributed by atoms with van der Waals surface area (Å²) in [7, 11) is 0. The number of benzene rings is 2. The number of carboxylic acids is 1. The number of hydrogen-bond donors (Lipinski definition) is 2. The predicted octanol–water partition coefficient (Wildman–Crippen LogP) is 3.98. The lowest BCUT2D eigenvalue weighted by molar-refractivity contribution is 0.0692. The lowest BCUT2D eigenvalue weighted by atomic mass is 10.1. The Labute approximate surface area is 133 Å². The smallest absolute Gasteiger partial charge is 0.338 e. The molecule has 0 saturated carbocycles. The highest BCUT2D eigenvalue weighted by Crippen LogP contribution is 2.28. The number of imidazole rings is 1. The standard InChI is InChI=1S/C15H10FIN2O2/c1-7-3-2-4-8(13(7)17)14-18-11-5-9(15(20)21)10(16)6-12(11)19-14/h2-6H,1H3,(H,18,19)(H,20,21). The molecule has 0 amide bonds. The second-order valence-electron chi connectivity index (χ2n) is 4.68. The van der Waals surface area contributed by atoms with Gasteiger partial charge in [-0.05, 0) is 41.1 Å². The maximum atomic E-state index is 13.7. The molecule has 3 aromatic rings. The van der Waals surface area contributed by atoms with E-state index in [1.54, 1.807) is 0 Å². The highest BCUT2D eigenvalue weighted by atomic mass is 127. The van der Waals surface area contributed by atoms with Crippen LogP contribution in [0.15, 0.2) is 30.3 Å². The van der Waals surface area contributed by atoms with E-state index >= 15 is 0 Å². The van der Waals surface area contributed by atoms with Gasteiger partial charge in [-0.25, -0.2) is 14.2 Å². The Morgan fingerprint density at radius 2 is 2.14 bits per heavy atom. The van der Waals surface area contributed by atoms with Crippen LogP contribution in [-0.4, -0.2) is 21.0 Å². The highest BCUT2D eigenvalue weighted by Gasteiger charge is 2.15. The summed E-state index contributed by atoms with van der Waals surface area (Å²) in [6.45, 7) is 2.00. The SMILES string of the molecule is Cc1cccc(-c2nc3cc(C(=O)O)c(F)cc3[nH]2)c1I. The van der Waals surface area contributed by atoms with Crippen molar-refractivity contribution >= 4 is 39.6 Å². The first-order valence-corrected chi connectivity index (χ1v) is 7.23. The molecule has 0 unspecified atom stereocenters. The summed E-state index contributed by atoms with van der Waals surface area (Å²) >= 11 is 2.23. The van der Waals surface area contributed by atoms with Crippen LogP contribution >= 0.6 is 22.6 Å². The number of fused-ring (bicyclic) bond motifs is 1. The fraction of sp³-hybridized carbons (Fsp3) is 0.0667. The molecular formula is C15H10FIN2O2. The fourth-order valence-electron chi connectivity index (χ4n) is 2.15. The Hall–Kier alpha value is -1.96. The number of aryl methyl sites for hydroxylation is 1. The number of halogens is 2. The number of aromatic nitrogens is 2. The van der Waals surface area contributed by atoms with Crippen molar-refractivity contribution in [3.63, 3.8) is 0 Å². The molecule has 0 bridgehead atoms. The van der Waals surface area contributed by atoms with E-state index in [1.807, 2.05) is 25.1 Å². The minimum atomic E-state index is -1.30. The molecule has 3 rings (SSSR count). The van der Waals surface area contributed by atoms with Gasteiger partial charge in [0.05, 0.1) is 16.6 Å². The van der Waals surface area contributed by atoms with Gasteiger partial charge in [0.1, 0.15) is 11.6 Å². The maximum absolute atomic E-state index is 13.7. The summed E-state index contributed by atoms with van der Waals surface area (Å²) in [6.07, 6.45) is 0. The number of nitrogens with one attached hydrogen (secondary N) is 1. The van der Waals surface area contributed by atoms with Gasteiger partial charge in [0.15, 0.2) is 0 Å². The zero-order chi connectivity index (χ0) is 15.1. The average Bonchev–Trinajstić information content (AvgIpc) is 2.83. The van der Waals surface area contributed by atoms with E-state index in [0.717, 1.165) is 20.8 Å². The van der Waals surface area contributed by atoms with Crippen LogP contribution in [0.25, 0.3) is 22.4 Å². The van der Waals surface area contributed by atoms with Gasteiger partial charge < -0.3 is 10.1 Å². The second-order valence-corrected chi connectivity index (χ2v) is 5.75. The largest absolute Gasteiger partial charge is 0.478 e. The molecule has 0 radical (unpaired) electrons. The molecule has 2 N–H and O–H groups in total. The summed E-state index contributed by atoms with van der Waals surface area (Å²) in [4.78, 5) is 18.4. The molecule has 0 fully saturated rings. The molecule has 0 aliphatic rings. The molecule has 0 aliphatic carbocycles. The normalized spacial score (nSPS) is 11.0. The first-order chi connectivity index (χ1) is 9.97. The Balaban J connectivity index is 2.22. The molecule has 0 atom stereocenters. The second kappa shape index (κ2) is 5.10. The Morgan fingerprint density at radius 1 is 1.38 bits per heavy atom. The van der Waals surface area contributed by atoms with Crippen LogP contribution in [0.3, 0.4) is 0 Å². The van der Waals surface area contributed by atoms with Crippen LogP contribution in [-0.2, 0) is 0 Å². The lowest BCUT2D eigenvalue weighted by Crippen LogP contribution is -1.99. The third-order valence-corrected chi connectivity index (χ3v) is 4.68. The number of carbonyl (C=O) groups is 1. The van der Waals surface area contributed by atoms with Gasteiger partial charge in [-0.1, -0.05) is 18.2 Å². The van der Waals surface area contributed by atoms with Crippen molar-refractivity contribution in [1.82, 2.24) is 9.97 Å². The van der Waals surface area contributed by atoms with E-state index in [4.69, 9.17) is 5.11 Å². The topological polar surface area (TPSA) is 66.0 Å². The van der Waals surface area contributed by atoms with Crippen molar-refractivity contribution in [3.05, 3.63) is 50.8 Å². The van der Waals surface area contributed by atoms with Gasteiger partial charge in [-0.3, -0.25) is 0 Å². The monoisotopic (exact) mass is 396 g/mol. The molecular weight excluding hydrogens is 386 g/mol. The zero-order valence-corrected chi connectivity index (χ0v) is 13.1. The van der Waals surface area contributed by atoms with Gasteiger partial charge >= 0.3 is 5.97 Å². The summed E-state index contributed by atoms with van der Waals surface area (Å²) in [5, 5.41) is 8.95. The molecule has 4 nitrogen and oxygen atoms in total. The fourth-order valence-corrected chi connectivity index (χ4v) is 2.77. The van der Waals surface area contributed by atoms with Crippen LogP contribution in [0.1, 0.15) is 15.9 Å². The number of H-pyrrole nitrogens is 1. The quantitative estimate of drug-likeness (QED) is 0.645. The molecule has 0 spiro atoms. The third kappa shape index (κ3) is 2.39. The molecule has 0 aliphatic heterocycles. The van der Waals surface area contributed by atoms with Crippen LogP contribution in [0.2, 0.25) is 0 Å². The Kier molecular flexibility index (Phi) is 3.40. The van der Waals surface area contributed by atoms with Crippen molar-refractivity contribution < 1.29 is 14.3 Å². The van der Waals surface area contributed by atoms with Crippen LogP contribution < -0.4 is 0 Å². The van der Waals surface area contributed by atoms with Crippen molar-refractivity contribution in [3.8, 4) is 11.4 Å². The molecule has 0 saturated heterocycles. The van der Waals surface area contributed by atoms with Crippen LogP contribution in [0.5, 0.6) is 0 Å². The third-order valence-electron chi connectivity index (χ3n) is 3.25. The maximum Gasteiger partial charge on any atom is 0.338 e. The van der Waals surface area contributed by atoms with Gasteiger partial charge in [0.2, 0.25) is 0 Å². The minimum Gasteiger partial charge on any atom is -0.478 e. The van der Waals surface area contributed by atoms with Gasteiger partial charge in [0.25, 0.3) is 0 Å². The van der Waals surface area contributed by atoms with Crippen LogP contribution in [0, 0.1) is 16.3 Å². The Bertz CT molecular complexity index is 873. The van der Waals surface area contributed by atoms with E-state index in [9.17, 15) is 9.18 Å². The molecule has 106 valence electrons. The minimum absolute atomic E-state index is 0.375. The van der Waals surface area contributed by atoms with E-state index < -0.39 is 11.8 Å². The summed E-state index contributed by atoms with van der Waals surface area (Å²) in [5.41, 5.74) is 2.56. The van der Waals surface area contributed by atoms with Crippen molar-refractivity contribution in [2.45, 2.75) is 6.92 Å². The first kappa shape index (κ1) is 14.0. The summed E-state index contributed by atoms with van der Waals surface area (Å²) < 4.78 is 14.7. The summed E-state index contributed by atoms with van der Waals surface area (Å²) in [5.74, 6) is -1.48. The van der Waals surface area contributed by atoms with E-state index in [2.05, 4.69) is 32.6 Å². The van der Waals surface area contributed by atoms with Gasteiger partial charge in [-0.2, -0.15) is 0 Å². The van der Waals surface area contributed by atoms with Crippen LogP contribution in [0.4, 0.5) is 4.39 Å². The molecule has 6 heteroatoms. The molecule has 1 aromatic heterocycles. The van der Waals surface area contributed by atoms with Gasteiger partial charge in [0, 0.05) is 15.2 Å². The van der Waals surface area contributed by atoms with E-state index in [1.165, 1.54) is 6.07 Å². The average molecular weight is 396 g/mol. The zero-order valence-electron chi connectivity index (χ0n) is 10.9. The summed E-state index contributed by atoms with van der Waals surface area (Å²) in [6, 6.07) is 8.24.